The smallest absolute Gasteiger partial charge is 0.242 e. The van der Waals surface area contributed by atoms with E-state index in [1.807, 2.05) is 11.3 Å². The largest absolute Gasteiger partial charge is 0.291 e. The number of imidazole rings is 1. The van der Waals surface area contributed by atoms with Gasteiger partial charge in [0.1, 0.15) is 0 Å². The Bertz CT molecular complexity index is 3020. The van der Waals surface area contributed by atoms with Crippen LogP contribution in [0.3, 0.4) is 0 Å². The van der Waals surface area contributed by atoms with Gasteiger partial charge in [-0.1, -0.05) is 159 Å². The summed E-state index contributed by atoms with van der Waals surface area (Å²) >= 11 is 1.86. The number of aryl methyl sites for hydroxylation is 6. The summed E-state index contributed by atoms with van der Waals surface area (Å²) in [6, 6.07) is 47.7. The molecule has 10 aromatic rings. The highest BCUT2D eigenvalue weighted by Gasteiger charge is 2.29. The number of rotatable bonds is 4. The van der Waals surface area contributed by atoms with Crippen LogP contribution in [0, 0.1) is 41.5 Å². The van der Waals surface area contributed by atoms with Gasteiger partial charge in [-0.25, -0.2) is 4.98 Å². The van der Waals surface area contributed by atoms with E-state index in [9.17, 15) is 0 Å². The minimum Gasteiger partial charge on any atom is -0.291 e. The topological polar surface area (TPSA) is 17.3 Å². The van der Waals surface area contributed by atoms with E-state index in [0.717, 1.165) is 22.4 Å². The van der Waals surface area contributed by atoms with Gasteiger partial charge in [-0.2, -0.15) is 0 Å². The zero-order chi connectivity index (χ0) is 36.1. The predicted octanol–water partition coefficient (Wildman–Crippen LogP) is 11.2. The molecule has 0 saturated heterocycles. The Kier molecular flexibility index (Phi) is 7.19. The summed E-state index contributed by atoms with van der Waals surface area (Å²) in [7, 11) is 0. The fraction of sp³-hybridized carbons (Fsp3) is 0.122. The van der Waals surface area contributed by atoms with E-state index in [-0.39, 0.29) is 6.71 Å². The third-order valence-electron chi connectivity index (χ3n) is 11.5. The molecule has 0 atom stereocenters. The summed E-state index contributed by atoms with van der Waals surface area (Å²) in [5, 5.41) is 7.53. The molecule has 2 nitrogen and oxygen atoms in total. The summed E-state index contributed by atoms with van der Waals surface area (Å²) in [4.78, 5) is 5.48. The van der Waals surface area contributed by atoms with Crippen molar-refractivity contribution in [2.45, 2.75) is 41.5 Å². The minimum atomic E-state index is 0.125. The second-order valence-electron chi connectivity index (χ2n) is 15.1. The molecule has 254 valence electrons. The molecule has 0 fully saturated rings. The monoisotopic (exact) mass is 698 g/mol. The van der Waals surface area contributed by atoms with Crippen molar-refractivity contribution in [2.24, 2.45) is 0 Å². The molecule has 0 saturated carbocycles. The number of aromatic nitrogens is 2. The van der Waals surface area contributed by atoms with Crippen molar-refractivity contribution in [3.8, 4) is 11.3 Å². The molecule has 0 N–H and O–H groups in total. The number of fused-ring (bicyclic) bond motifs is 11. The Morgan fingerprint density at radius 3 is 1.75 bits per heavy atom. The second-order valence-corrected chi connectivity index (χ2v) is 16.2. The molecule has 10 rings (SSSR count). The fourth-order valence-electron chi connectivity index (χ4n) is 9.44. The molecule has 3 heterocycles. The van der Waals surface area contributed by atoms with Crippen LogP contribution < -0.4 is 16.4 Å². The van der Waals surface area contributed by atoms with Crippen LogP contribution in [0.15, 0.2) is 127 Å². The third-order valence-corrected chi connectivity index (χ3v) is 12.7. The molecule has 0 amide bonds. The molecule has 0 unspecified atom stereocenters. The van der Waals surface area contributed by atoms with Crippen LogP contribution in [-0.4, -0.2) is 16.1 Å². The molecule has 0 spiro atoms. The Morgan fingerprint density at radius 1 is 0.547 bits per heavy atom. The summed E-state index contributed by atoms with van der Waals surface area (Å²) in [6.07, 6.45) is 0. The SMILES string of the molecule is Cc1cc(C)c(B(c2ccc(-c3cc4c(sc5ccc6ccccc6c54)c4nc5c6ccccc6ccc5n34)cc2)c2c(C)cc(C)cc2C)c(C)c1. The number of thiophene rings is 1. The maximum absolute atomic E-state index is 5.48. The molecule has 4 heteroatoms. The molecule has 53 heavy (non-hydrogen) atoms. The third kappa shape index (κ3) is 4.89. The van der Waals surface area contributed by atoms with E-state index in [1.54, 1.807) is 0 Å². The normalized spacial score (nSPS) is 12.0. The Balaban J connectivity index is 1.26. The zero-order valence-corrected chi connectivity index (χ0v) is 31.8. The maximum atomic E-state index is 5.48. The summed E-state index contributed by atoms with van der Waals surface area (Å²) in [5.74, 6) is 0. The lowest BCUT2D eigenvalue weighted by Crippen LogP contribution is -2.55. The summed E-state index contributed by atoms with van der Waals surface area (Å²) in [6.45, 7) is 13.7. The molecule has 0 aliphatic heterocycles. The predicted molar refractivity (Wildman–Crippen MR) is 232 cm³/mol. The van der Waals surface area contributed by atoms with E-state index in [2.05, 4.69) is 173 Å². The van der Waals surface area contributed by atoms with Crippen LogP contribution in [0.2, 0.25) is 0 Å². The first-order valence-electron chi connectivity index (χ1n) is 18.6. The van der Waals surface area contributed by atoms with E-state index in [1.165, 1.54) is 97.0 Å². The Labute approximate surface area is 314 Å². The molecular formula is C49H39BN2S. The van der Waals surface area contributed by atoms with Gasteiger partial charge in [-0.05, 0) is 81.5 Å². The van der Waals surface area contributed by atoms with Crippen molar-refractivity contribution >= 4 is 92.8 Å². The van der Waals surface area contributed by atoms with Gasteiger partial charge in [-0.15, -0.1) is 11.3 Å². The Morgan fingerprint density at radius 2 is 1.11 bits per heavy atom. The van der Waals surface area contributed by atoms with Crippen molar-refractivity contribution in [2.75, 3.05) is 0 Å². The van der Waals surface area contributed by atoms with Gasteiger partial charge in [-0.3, -0.25) is 4.40 Å². The van der Waals surface area contributed by atoms with Gasteiger partial charge in [0, 0.05) is 20.9 Å². The summed E-state index contributed by atoms with van der Waals surface area (Å²) in [5.41, 5.74) is 17.7. The number of pyridine rings is 1. The van der Waals surface area contributed by atoms with Crippen LogP contribution in [0.1, 0.15) is 33.4 Å². The average molecular weight is 699 g/mol. The van der Waals surface area contributed by atoms with E-state index in [0.29, 0.717) is 0 Å². The van der Waals surface area contributed by atoms with Gasteiger partial charge in [0.05, 0.1) is 21.4 Å². The molecule has 0 aliphatic carbocycles. The maximum Gasteiger partial charge on any atom is 0.242 e. The first kappa shape index (κ1) is 32.0. The second kappa shape index (κ2) is 11.9. The number of benzene rings is 7. The van der Waals surface area contributed by atoms with Gasteiger partial charge in [0.15, 0.2) is 5.65 Å². The van der Waals surface area contributed by atoms with E-state index in [4.69, 9.17) is 4.98 Å². The Hall–Kier alpha value is -5.71. The fourth-order valence-corrected chi connectivity index (χ4v) is 10.6. The van der Waals surface area contributed by atoms with Crippen molar-refractivity contribution in [3.63, 3.8) is 0 Å². The minimum absolute atomic E-state index is 0.125. The van der Waals surface area contributed by atoms with E-state index >= 15 is 0 Å². The van der Waals surface area contributed by atoms with Gasteiger partial charge < -0.3 is 0 Å². The van der Waals surface area contributed by atoms with Crippen LogP contribution in [0.4, 0.5) is 0 Å². The quantitative estimate of drug-likeness (QED) is 0.167. The van der Waals surface area contributed by atoms with Crippen molar-refractivity contribution in [3.05, 3.63) is 161 Å². The standard InChI is InChI=1S/C49H39BN2S/c1-28-23-30(3)45(31(4)24-28)50(46-32(5)25-29(2)26-33(46)6)37-19-15-36(16-20-37)42-27-40-44-38-13-9-7-11-34(38)18-22-43(44)53-48(40)49-51-47-39-14-10-8-12-35(39)17-21-41(47)52(42)49/h7-27H,1-6H3. The number of nitrogens with zero attached hydrogens (tertiary/aromatic N) is 2. The molecule has 0 bridgehead atoms. The van der Waals surface area contributed by atoms with Gasteiger partial charge in [0.2, 0.25) is 6.71 Å². The summed E-state index contributed by atoms with van der Waals surface area (Å²) < 4.78 is 4.93. The zero-order valence-electron chi connectivity index (χ0n) is 31.0. The molecule has 0 aliphatic rings. The lowest BCUT2D eigenvalue weighted by Gasteiger charge is -2.25. The number of hydrogen-bond donors (Lipinski definition) is 0. The molecule has 3 aromatic heterocycles. The molecule has 0 radical (unpaired) electrons. The van der Waals surface area contributed by atoms with Crippen LogP contribution in [0.25, 0.3) is 69.7 Å². The van der Waals surface area contributed by atoms with Crippen LogP contribution in [-0.2, 0) is 0 Å². The van der Waals surface area contributed by atoms with Crippen LogP contribution in [0.5, 0.6) is 0 Å². The number of hydrogen-bond acceptors (Lipinski definition) is 2. The average Bonchev–Trinajstić information content (AvgIpc) is 3.73. The molecule has 7 aromatic carbocycles. The highest BCUT2D eigenvalue weighted by molar-refractivity contribution is 7.26. The lowest BCUT2D eigenvalue weighted by atomic mass is 9.34. The van der Waals surface area contributed by atoms with E-state index < -0.39 is 0 Å². The highest BCUT2D eigenvalue weighted by atomic mass is 32.1. The highest BCUT2D eigenvalue weighted by Crippen LogP contribution is 2.43. The van der Waals surface area contributed by atoms with Crippen LogP contribution >= 0.6 is 11.3 Å². The first-order chi connectivity index (χ1) is 25.7. The molecular weight excluding hydrogens is 659 g/mol. The van der Waals surface area contributed by atoms with Crippen molar-refractivity contribution in [1.82, 2.24) is 9.38 Å². The van der Waals surface area contributed by atoms with Crippen molar-refractivity contribution < 1.29 is 0 Å². The van der Waals surface area contributed by atoms with Crippen molar-refractivity contribution in [1.29, 1.82) is 0 Å². The first-order valence-corrected chi connectivity index (χ1v) is 19.4. The van der Waals surface area contributed by atoms with Gasteiger partial charge >= 0.3 is 0 Å². The van der Waals surface area contributed by atoms with Gasteiger partial charge in [0.25, 0.3) is 0 Å². The lowest BCUT2D eigenvalue weighted by molar-refractivity contribution is 1.25.